The van der Waals surface area contributed by atoms with E-state index in [9.17, 15) is 9.59 Å². The molecule has 1 aliphatic carbocycles. The minimum Gasteiger partial charge on any atom is -0.495 e. The van der Waals surface area contributed by atoms with Gasteiger partial charge in [-0.15, -0.1) is 0 Å². The Balaban J connectivity index is 1.51. The zero-order valence-corrected chi connectivity index (χ0v) is 21.4. The molecule has 1 fully saturated rings. The molecule has 3 aliphatic rings. The van der Waals surface area contributed by atoms with Crippen molar-refractivity contribution in [2.75, 3.05) is 31.3 Å². The Labute approximate surface area is 218 Å². The van der Waals surface area contributed by atoms with Gasteiger partial charge in [0, 0.05) is 24.8 Å². The van der Waals surface area contributed by atoms with Gasteiger partial charge in [0.25, 0.3) is 0 Å². The number of hydrogen-bond donors (Lipinski definition) is 3. The molecule has 2 amide bonds. The second-order valence-corrected chi connectivity index (χ2v) is 9.99. The van der Waals surface area contributed by atoms with E-state index in [1.165, 1.54) is 12.8 Å². The third-order valence-electron chi connectivity index (χ3n) is 7.17. The van der Waals surface area contributed by atoms with Gasteiger partial charge in [0.15, 0.2) is 0 Å². The molecule has 0 saturated heterocycles. The summed E-state index contributed by atoms with van der Waals surface area (Å²) >= 11 is 0. The summed E-state index contributed by atoms with van der Waals surface area (Å²) in [6.07, 6.45) is 3.32. The number of nitrogens with one attached hydrogen (secondary N) is 3. The largest absolute Gasteiger partial charge is 0.495 e. The quantitative estimate of drug-likeness (QED) is 0.470. The van der Waals surface area contributed by atoms with Gasteiger partial charge >= 0.3 is 0 Å². The van der Waals surface area contributed by atoms with Crippen molar-refractivity contribution in [1.82, 2.24) is 10.2 Å². The molecule has 7 heteroatoms. The topological polar surface area (TPSA) is 82.7 Å². The van der Waals surface area contributed by atoms with Crippen LogP contribution in [0.1, 0.15) is 24.0 Å². The fraction of sp³-hybridized carbons (Fsp3) is 0.333. The Kier molecular flexibility index (Phi) is 7.42. The van der Waals surface area contributed by atoms with E-state index in [4.69, 9.17) is 4.74 Å². The maximum atomic E-state index is 13.9. The first kappa shape index (κ1) is 24.8. The molecule has 2 heterocycles. The molecule has 0 spiro atoms. The number of likely N-dealkylation sites (N-methyl/N-ethyl adjacent to an activating group) is 1. The Bertz CT molecular complexity index is 1240. The number of para-hydroxylation sites is 1. The summed E-state index contributed by atoms with van der Waals surface area (Å²) in [5.41, 5.74) is 4.43. The Morgan fingerprint density at radius 3 is 2.43 bits per heavy atom. The molecule has 0 unspecified atom stereocenters. The second-order valence-electron chi connectivity index (χ2n) is 9.99. The van der Waals surface area contributed by atoms with Gasteiger partial charge in [-0.2, -0.15) is 0 Å². The van der Waals surface area contributed by atoms with Gasteiger partial charge in [0.1, 0.15) is 11.8 Å². The summed E-state index contributed by atoms with van der Waals surface area (Å²) in [4.78, 5) is 29.1. The second kappa shape index (κ2) is 11.0. The predicted octanol–water partition coefficient (Wildman–Crippen LogP) is 4.37. The van der Waals surface area contributed by atoms with Crippen LogP contribution in [0, 0.1) is 5.92 Å². The van der Waals surface area contributed by atoms with Crippen LogP contribution in [0.15, 0.2) is 72.8 Å². The minimum absolute atomic E-state index is 0.0816. The van der Waals surface area contributed by atoms with Crippen LogP contribution in [0.25, 0.3) is 0 Å². The number of amides is 2. The van der Waals surface area contributed by atoms with Crippen molar-refractivity contribution in [3.63, 3.8) is 0 Å². The summed E-state index contributed by atoms with van der Waals surface area (Å²) < 4.78 is 5.58. The average Bonchev–Trinajstić information content (AvgIpc) is 3.75. The van der Waals surface area contributed by atoms with Crippen molar-refractivity contribution in [3.8, 4) is 5.75 Å². The fourth-order valence-electron chi connectivity index (χ4n) is 4.75. The molecular formula is C30H34N4O3. The number of rotatable bonds is 6. The molecule has 4 bridgehead atoms. The lowest BCUT2D eigenvalue weighted by Gasteiger charge is -2.31. The summed E-state index contributed by atoms with van der Waals surface area (Å²) in [7, 11) is 3.37. The minimum atomic E-state index is -0.692. The standard InChI is InChI=1S/C30H34N4O3/c1-34-27(29(35)33-23-6-4-3-5-7-23)18-22-12-15-28(37-2)25(17-22)32-24-13-10-20(11-14-24)16-26(30(34)36)31-19-21-8-9-21/h3-7,10-15,17,21,26-27,31-32H,8-9,16,18-19H2,1-2H3,(H,33,35)/t26-,27+/m0/s1. The lowest BCUT2D eigenvalue weighted by molar-refractivity contribution is -0.138. The normalized spacial score (nSPS) is 19.6. The van der Waals surface area contributed by atoms with Gasteiger partial charge in [0.05, 0.1) is 18.8 Å². The molecule has 0 aromatic heterocycles. The van der Waals surface area contributed by atoms with Crippen LogP contribution in [0.4, 0.5) is 17.1 Å². The molecule has 3 N–H and O–H groups in total. The van der Waals surface area contributed by atoms with Crippen LogP contribution >= 0.6 is 0 Å². The zero-order chi connectivity index (χ0) is 25.8. The number of nitrogens with zero attached hydrogens (tertiary/aromatic N) is 1. The first-order valence-corrected chi connectivity index (χ1v) is 12.9. The molecule has 0 radical (unpaired) electrons. The summed E-state index contributed by atoms with van der Waals surface area (Å²) in [5, 5.41) is 9.96. The fourth-order valence-corrected chi connectivity index (χ4v) is 4.75. The van der Waals surface area contributed by atoms with Crippen LogP contribution < -0.4 is 20.7 Å². The highest BCUT2D eigenvalue weighted by atomic mass is 16.5. The highest BCUT2D eigenvalue weighted by Gasteiger charge is 2.33. The Morgan fingerprint density at radius 2 is 1.73 bits per heavy atom. The molecule has 37 heavy (non-hydrogen) atoms. The third-order valence-corrected chi connectivity index (χ3v) is 7.17. The van der Waals surface area contributed by atoms with Crippen molar-refractivity contribution in [1.29, 1.82) is 0 Å². The van der Waals surface area contributed by atoms with Crippen LogP contribution in [-0.2, 0) is 22.4 Å². The predicted molar refractivity (Wildman–Crippen MR) is 146 cm³/mol. The van der Waals surface area contributed by atoms with Gasteiger partial charge in [-0.05, 0) is 79.3 Å². The number of carbonyl (C=O) groups excluding carboxylic acids is 2. The molecule has 3 aromatic rings. The van der Waals surface area contributed by atoms with Crippen molar-refractivity contribution in [2.24, 2.45) is 5.92 Å². The first-order valence-electron chi connectivity index (χ1n) is 12.9. The molecule has 192 valence electrons. The molecule has 3 aromatic carbocycles. The van der Waals surface area contributed by atoms with E-state index in [2.05, 4.69) is 16.0 Å². The highest BCUT2D eigenvalue weighted by molar-refractivity contribution is 5.98. The summed E-state index contributed by atoms with van der Waals surface area (Å²) in [6.45, 7) is 0.812. The number of methoxy groups -OCH3 is 1. The molecule has 1 saturated carbocycles. The van der Waals surface area contributed by atoms with Crippen molar-refractivity contribution in [2.45, 2.75) is 37.8 Å². The van der Waals surface area contributed by atoms with E-state index in [1.807, 2.05) is 72.8 Å². The van der Waals surface area contributed by atoms with E-state index in [1.54, 1.807) is 19.1 Å². The summed E-state index contributed by atoms with van der Waals surface area (Å²) in [6, 6.07) is 22.2. The zero-order valence-electron chi connectivity index (χ0n) is 21.4. The van der Waals surface area contributed by atoms with Gasteiger partial charge < -0.3 is 25.6 Å². The summed E-state index contributed by atoms with van der Waals surface area (Å²) in [5.74, 6) is 1.04. The third kappa shape index (κ3) is 6.12. The highest BCUT2D eigenvalue weighted by Crippen LogP contribution is 2.31. The molecule has 2 aliphatic heterocycles. The van der Waals surface area contributed by atoms with E-state index in [-0.39, 0.29) is 11.8 Å². The van der Waals surface area contributed by atoms with E-state index >= 15 is 0 Å². The smallest absolute Gasteiger partial charge is 0.247 e. The molecular weight excluding hydrogens is 464 g/mol. The number of hydrogen-bond acceptors (Lipinski definition) is 5. The number of anilines is 3. The Hall–Kier alpha value is -3.84. The van der Waals surface area contributed by atoms with E-state index in [0.29, 0.717) is 30.2 Å². The monoisotopic (exact) mass is 498 g/mol. The van der Waals surface area contributed by atoms with E-state index < -0.39 is 12.1 Å². The molecule has 2 atom stereocenters. The maximum absolute atomic E-state index is 13.9. The van der Waals surface area contributed by atoms with Crippen LogP contribution in [-0.4, -0.2) is 49.5 Å². The van der Waals surface area contributed by atoms with E-state index in [0.717, 1.165) is 29.0 Å². The molecule has 6 rings (SSSR count). The Morgan fingerprint density at radius 1 is 1.00 bits per heavy atom. The van der Waals surface area contributed by atoms with Gasteiger partial charge in [0.2, 0.25) is 11.8 Å². The van der Waals surface area contributed by atoms with Crippen molar-refractivity contribution >= 4 is 28.9 Å². The lowest BCUT2D eigenvalue weighted by Crippen LogP contribution is -2.54. The van der Waals surface area contributed by atoms with Gasteiger partial charge in [-0.3, -0.25) is 9.59 Å². The van der Waals surface area contributed by atoms with Gasteiger partial charge in [-0.25, -0.2) is 0 Å². The number of fused-ring (bicyclic) bond motifs is 7. The number of benzene rings is 3. The SMILES string of the molecule is COc1ccc2cc1Nc1ccc(cc1)C[C@H](NCC1CC1)C(=O)N(C)[C@@H](C(=O)Nc1ccccc1)C2. The maximum Gasteiger partial charge on any atom is 0.247 e. The average molecular weight is 499 g/mol. The van der Waals surface area contributed by atoms with Crippen molar-refractivity contribution in [3.05, 3.63) is 83.9 Å². The lowest BCUT2D eigenvalue weighted by atomic mass is 9.99. The molecule has 7 nitrogen and oxygen atoms in total. The van der Waals surface area contributed by atoms with Crippen LogP contribution in [0.2, 0.25) is 0 Å². The van der Waals surface area contributed by atoms with Crippen LogP contribution in [0.5, 0.6) is 5.75 Å². The van der Waals surface area contributed by atoms with Crippen LogP contribution in [0.3, 0.4) is 0 Å². The first-order chi connectivity index (χ1) is 18.0. The number of ether oxygens (including phenoxy) is 1. The van der Waals surface area contributed by atoms with Crippen molar-refractivity contribution < 1.29 is 14.3 Å². The van der Waals surface area contributed by atoms with Gasteiger partial charge in [-0.1, -0.05) is 36.4 Å². The number of carbonyl (C=O) groups is 2.